The van der Waals surface area contributed by atoms with Gasteiger partial charge in [0.25, 0.3) is 5.89 Å². The SMILES string of the molecule is CCC(C)Oc1ccc(OCc2nc(C3CC3)no2)cc1. The summed E-state index contributed by atoms with van der Waals surface area (Å²) in [4.78, 5) is 4.33. The van der Waals surface area contributed by atoms with Crippen LogP contribution < -0.4 is 9.47 Å². The Kier molecular flexibility index (Phi) is 4.08. The second-order valence-electron chi connectivity index (χ2n) is 5.42. The predicted molar refractivity (Wildman–Crippen MR) is 77.4 cm³/mol. The summed E-state index contributed by atoms with van der Waals surface area (Å²) in [6.07, 6.45) is 3.53. The van der Waals surface area contributed by atoms with E-state index in [4.69, 9.17) is 14.0 Å². The van der Waals surface area contributed by atoms with Crippen LogP contribution in [-0.2, 0) is 6.61 Å². The van der Waals surface area contributed by atoms with Gasteiger partial charge < -0.3 is 14.0 Å². The predicted octanol–water partition coefficient (Wildman–Crippen LogP) is 3.70. The molecule has 3 rings (SSSR count). The van der Waals surface area contributed by atoms with Crippen molar-refractivity contribution >= 4 is 0 Å². The molecule has 1 aliphatic carbocycles. The van der Waals surface area contributed by atoms with Gasteiger partial charge in [-0.25, -0.2) is 0 Å². The molecule has 5 nitrogen and oxygen atoms in total. The van der Waals surface area contributed by atoms with Gasteiger partial charge in [0.2, 0.25) is 0 Å². The van der Waals surface area contributed by atoms with Crippen LogP contribution in [0.15, 0.2) is 28.8 Å². The third-order valence-electron chi connectivity index (χ3n) is 3.52. The van der Waals surface area contributed by atoms with Crippen LogP contribution >= 0.6 is 0 Å². The summed E-state index contributed by atoms with van der Waals surface area (Å²) in [6, 6.07) is 7.58. The summed E-state index contributed by atoms with van der Waals surface area (Å²) in [7, 11) is 0. The molecule has 1 unspecified atom stereocenters. The number of hydrogen-bond donors (Lipinski definition) is 0. The fourth-order valence-electron chi connectivity index (χ4n) is 1.91. The number of hydrogen-bond acceptors (Lipinski definition) is 5. The second kappa shape index (κ2) is 6.16. The van der Waals surface area contributed by atoms with Gasteiger partial charge in [0.1, 0.15) is 11.5 Å². The summed E-state index contributed by atoms with van der Waals surface area (Å²) in [5.41, 5.74) is 0. The molecule has 1 fully saturated rings. The molecule has 112 valence electrons. The largest absolute Gasteiger partial charge is 0.491 e. The lowest BCUT2D eigenvalue weighted by atomic mass is 10.3. The Balaban J connectivity index is 1.52. The molecular weight excluding hydrogens is 268 g/mol. The molecule has 21 heavy (non-hydrogen) atoms. The highest BCUT2D eigenvalue weighted by atomic mass is 16.5. The smallest absolute Gasteiger partial charge is 0.264 e. The molecule has 0 amide bonds. The molecule has 2 aromatic rings. The maximum atomic E-state index is 5.72. The van der Waals surface area contributed by atoms with E-state index >= 15 is 0 Å². The Morgan fingerprint density at radius 2 is 1.95 bits per heavy atom. The third kappa shape index (κ3) is 3.74. The van der Waals surface area contributed by atoms with Gasteiger partial charge in [0.15, 0.2) is 12.4 Å². The van der Waals surface area contributed by atoms with Gasteiger partial charge in [-0.15, -0.1) is 0 Å². The van der Waals surface area contributed by atoms with Crippen LogP contribution in [0.1, 0.15) is 50.7 Å². The van der Waals surface area contributed by atoms with Crippen molar-refractivity contribution in [2.45, 2.75) is 51.7 Å². The van der Waals surface area contributed by atoms with Gasteiger partial charge >= 0.3 is 0 Å². The van der Waals surface area contributed by atoms with E-state index in [1.165, 1.54) is 0 Å². The number of ether oxygens (including phenoxy) is 2. The Morgan fingerprint density at radius 1 is 1.24 bits per heavy atom. The maximum absolute atomic E-state index is 5.72. The minimum Gasteiger partial charge on any atom is -0.491 e. The minimum absolute atomic E-state index is 0.219. The normalized spacial score (nSPS) is 15.7. The van der Waals surface area contributed by atoms with Crippen molar-refractivity contribution in [2.24, 2.45) is 0 Å². The third-order valence-corrected chi connectivity index (χ3v) is 3.52. The van der Waals surface area contributed by atoms with Crippen molar-refractivity contribution in [3.05, 3.63) is 36.0 Å². The van der Waals surface area contributed by atoms with Crippen molar-refractivity contribution in [2.75, 3.05) is 0 Å². The highest BCUT2D eigenvalue weighted by Gasteiger charge is 2.28. The monoisotopic (exact) mass is 288 g/mol. The van der Waals surface area contributed by atoms with E-state index in [1.807, 2.05) is 24.3 Å². The van der Waals surface area contributed by atoms with E-state index in [0.717, 1.165) is 36.6 Å². The van der Waals surface area contributed by atoms with Crippen LogP contribution in [-0.4, -0.2) is 16.2 Å². The average molecular weight is 288 g/mol. The van der Waals surface area contributed by atoms with E-state index in [9.17, 15) is 0 Å². The van der Waals surface area contributed by atoms with E-state index in [-0.39, 0.29) is 6.10 Å². The molecule has 0 saturated heterocycles. The summed E-state index contributed by atoms with van der Waals surface area (Å²) in [5, 5.41) is 3.96. The van der Waals surface area contributed by atoms with E-state index < -0.39 is 0 Å². The first-order valence-electron chi connectivity index (χ1n) is 7.46. The lowest BCUT2D eigenvalue weighted by Gasteiger charge is -2.12. The standard InChI is InChI=1S/C16H20N2O3/c1-3-11(2)20-14-8-6-13(7-9-14)19-10-15-17-16(18-21-15)12-4-5-12/h6-9,11-12H,3-5,10H2,1-2H3. The topological polar surface area (TPSA) is 57.4 Å². The van der Waals surface area contributed by atoms with Crippen molar-refractivity contribution in [3.8, 4) is 11.5 Å². The van der Waals surface area contributed by atoms with E-state index in [0.29, 0.717) is 18.4 Å². The van der Waals surface area contributed by atoms with Crippen LogP contribution in [0.4, 0.5) is 0 Å². The average Bonchev–Trinajstić information content (AvgIpc) is 3.25. The zero-order valence-electron chi connectivity index (χ0n) is 12.4. The van der Waals surface area contributed by atoms with E-state index in [2.05, 4.69) is 24.0 Å². The molecule has 1 atom stereocenters. The first kappa shape index (κ1) is 13.9. The number of aromatic nitrogens is 2. The molecule has 0 radical (unpaired) electrons. The summed E-state index contributed by atoms with van der Waals surface area (Å²) < 4.78 is 16.5. The van der Waals surface area contributed by atoms with Gasteiger partial charge in [-0.1, -0.05) is 12.1 Å². The fraction of sp³-hybridized carbons (Fsp3) is 0.500. The first-order chi connectivity index (χ1) is 10.2. The van der Waals surface area contributed by atoms with Crippen LogP contribution in [0.5, 0.6) is 11.5 Å². The molecule has 0 N–H and O–H groups in total. The summed E-state index contributed by atoms with van der Waals surface area (Å²) >= 11 is 0. The maximum Gasteiger partial charge on any atom is 0.264 e. The Bertz CT molecular complexity index is 575. The minimum atomic E-state index is 0.219. The molecular formula is C16H20N2O3. The lowest BCUT2D eigenvalue weighted by Crippen LogP contribution is -2.09. The van der Waals surface area contributed by atoms with Crippen LogP contribution in [0.3, 0.4) is 0 Å². The van der Waals surface area contributed by atoms with Gasteiger partial charge in [-0.2, -0.15) is 4.98 Å². The highest BCUT2D eigenvalue weighted by molar-refractivity contribution is 5.31. The zero-order chi connectivity index (χ0) is 14.7. The van der Waals surface area contributed by atoms with Crippen molar-refractivity contribution < 1.29 is 14.0 Å². The van der Waals surface area contributed by atoms with Crippen molar-refractivity contribution in [1.82, 2.24) is 10.1 Å². The number of benzene rings is 1. The summed E-state index contributed by atoms with van der Waals surface area (Å²) in [5.74, 6) is 3.45. The fourth-order valence-corrected chi connectivity index (χ4v) is 1.91. The van der Waals surface area contributed by atoms with Crippen molar-refractivity contribution in [1.29, 1.82) is 0 Å². The molecule has 1 heterocycles. The quantitative estimate of drug-likeness (QED) is 0.777. The second-order valence-corrected chi connectivity index (χ2v) is 5.42. The van der Waals surface area contributed by atoms with Crippen molar-refractivity contribution in [3.63, 3.8) is 0 Å². The van der Waals surface area contributed by atoms with Crippen LogP contribution in [0.25, 0.3) is 0 Å². The highest BCUT2D eigenvalue weighted by Crippen LogP contribution is 2.38. The lowest BCUT2D eigenvalue weighted by molar-refractivity contribution is 0.216. The van der Waals surface area contributed by atoms with Gasteiger partial charge in [0.05, 0.1) is 6.10 Å². The molecule has 1 aromatic carbocycles. The van der Waals surface area contributed by atoms with Crippen LogP contribution in [0, 0.1) is 0 Å². The Morgan fingerprint density at radius 3 is 2.62 bits per heavy atom. The Hall–Kier alpha value is -2.04. The molecule has 1 aromatic heterocycles. The molecule has 0 aliphatic heterocycles. The molecule has 1 saturated carbocycles. The molecule has 5 heteroatoms. The van der Waals surface area contributed by atoms with Gasteiger partial charge in [-0.3, -0.25) is 0 Å². The molecule has 1 aliphatic rings. The summed E-state index contributed by atoms with van der Waals surface area (Å²) in [6.45, 7) is 4.45. The number of nitrogens with zero attached hydrogens (tertiary/aromatic N) is 2. The van der Waals surface area contributed by atoms with E-state index in [1.54, 1.807) is 0 Å². The van der Waals surface area contributed by atoms with Gasteiger partial charge in [0, 0.05) is 5.92 Å². The zero-order valence-corrected chi connectivity index (χ0v) is 12.4. The van der Waals surface area contributed by atoms with Gasteiger partial charge in [-0.05, 0) is 50.5 Å². The van der Waals surface area contributed by atoms with Crippen LogP contribution in [0.2, 0.25) is 0 Å². The first-order valence-corrected chi connectivity index (χ1v) is 7.46. The number of rotatable bonds is 7. The molecule has 0 bridgehead atoms. The molecule has 0 spiro atoms. The Labute approximate surface area is 124 Å².